The van der Waals surface area contributed by atoms with Gasteiger partial charge in [0.25, 0.3) is 0 Å². The Morgan fingerprint density at radius 1 is 0.862 bits per heavy atom. The van der Waals surface area contributed by atoms with Crippen LogP contribution in [0.4, 0.5) is 11.6 Å². The van der Waals surface area contributed by atoms with E-state index in [1.165, 1.54) is 0 Å². The Kier molecular flexibility index (Phi) is 4.95. The molecule has 1 N–H and O–H groups in total. The first kappa shape index (κ1) is 18.6. The van der Waals surface area contributed by atoms with E-state index in [0.29, 0.717) is 11.8 Å². The molecular weight excluding hydrogens is 366 g/mol. The van der Waals surface area contributed by atoms with Crippen LogP contribution < -0.4 is 14.8 Å². The summed E-state index contributed by atoms with van der Waals surface area (Å²) in [7, 11) is 3.25. The number of nitrogens with zero attached hydrogens (tertiary/aromatic N) is 4. The summed E-state index contributed by atoms with van der Waals surface area (Å²) in [4.78, 5) is 8.80. The molecule has 0 unspecified atom stereocenters. The number of methoxy groups -OCH3 is 2. The number of aromatic nitrogens is 4. The molecule has 0 fully saturated rings. The third kappa shape index (κ3) is 3.80. The molecule has 7 nitrogen and oxygen atoms in total. The van der Waals surface area contributed by atoms with Gasteiger partial charge in [-0.1, -0.05) is 6.07 Å². The number of aryl methyl sites for hydroxylation is 2. The van der Waals surface area contributed by atoms with Gasteiger partial charge in [0.15, 0.2) is 0 Å². The van der Waals surface area contributed by atoms with Crippen LogP contribution in [0.15, 0.2) is 48.7 Å². The van der Waals surface area contributed by atoms with Gasteiger partial charge < -0.3 is 14.8 Å². The standard InChI is InChI=1S/C22H21N5O2/c1-13-5-7-17(28-3)11-18(13)15-9-14(2)21-19(10-15)26-27-22(25-21)24-16-6-8-20(29-4)23-12-16/h5-12H,1-4H3,(H,24,25,27). The van der Waals surface area contributed by atoms with Crippen molar-refractivity contribution in [2.24, 2.45) is 0 Å². The third-order valence-electron chi connectivity index (χ3n) is 4.71. The fourth-order valence-corrected chi connectivity index (χ4v) is 3.16. The zero-order valence-electron chi connectivity index (χ0n) is 16.7. The zero-order valence-corrected chi connectivity index (χ0v) is 16.7. The molecule has 29 heavy (non-hydrogen) atoms. The molecule has 0 radical (unpaired) electrons. The van der Waals surface area contributed by atoms with Crippen LogP contribution in [0.3, 0.4) is 0 Å². The quantitative estimate of drug-likeness (QED) is 0.541. The first-order chi connectivity index (χ1) is 14.1. The van der Waals surface area contributed by atoms with Gasteiger partial charge in [-0.2, -0.15) is 0 Å². The molecule has 2 aromatic carbocycles. The fourth-order valence-electron chi connectivity index (χ4n) is 3.16. The number of ether oxygens (including phenoxy) is 2. The number of pyridine rings is 1. The molecule has 0 aliphatic carbocycles. The topological polar surface area (TPSA) is 82.0 Å². The molecule has 0 aliphatic heterocycles. The number of hydrogen-bond acceptors (Lipinski definition) is 7. The SMILES string of the molecule is COc1ccc(C)c(-c2cc(C)c3nc(Nc4ccc(OC)nc4)nnc3c2)c1. The van der Waals surface area contributed by atoms with Crippen LogP contribution in [0.1, 0.15) is 11.1 Å². The predicted octanol–water partition coefficient (Wildman–Crippen LogP) is 4.46. The molecule has 0 spiro atoms. The van der Waals surface area contributed by atoms with Gasteiger partial charge in [0.1, 0.15) is 11.3 Å². The molecule has 0 atom stereocenters. The number of rotatable bonds is 5. The minimum absolute atomic E-state index is 0.415. The van der Waals surface area contributed by atoms with Gasteiger partial charge in [-0.25, -0.2) is 9.97 Å². The normalized spacial score (nSPS) is 10.8. The second kappa shape index (κ2) is 7.71. The van der Waals surface area contributed by atoms with Gasteiger partial charge in [-0.05, 0) is 66.4 Å². The van der Waals surface area contributed by atoms with Crippen molar-refractivity contribution < 1.29 is 9.47 Å². The number of benzene rings is 2. The zero-order chi connectivity index (χ0) is 20.4. The molecular formula is C22H21N5O2. The lowest BCUT2D eigenvalue weighted by Gasteiger charge is -2.11. The second-order valence-electron chi connectivity index (χ2n) is 6.69. The highest BCUT2D eigenvalue weighted by Crippen LogP contribution is 2.31. The van der Waals surface area contributed by atoms with Gasteiger partial charge in [-0.15, -0.1) is 10.2 Å². The van der Waals surface area contributed by atoms with E-state index < -0.39 is 0 Å². The van der Waals surface area contributed by atoms with E-state index in [1.54, 1.807) is 26.5 Å². The highest BCUT2D eigenvalue weighted by molar-refractivity contribution is 5.85. The summed E-state index contributed by atoms with van der Waals surface area (Å²) in [5.41, 5.74) is 6.63. The maximum absolute atomic E-state index is 5.37. The predicted molar refractivity (Wildman–Crippen MR) is 113 cm³/mol. The monoisotopic (exact) mass is 387 g/mol. The van der Waals surface area contributed by atoms with Crippen molar-refractivity contribution in [3.05, 3.63) is 59.8 Å². The van der Waals surface area contributed by atoms with Crippen LogP contribution in [-0.4, -0.2) is 34.4 Å². The van der Waals surface area contributed by atoms with Gasteiger partial charge in [0.2, 0.25) is 11.8 Å². The molecule has 7 heteroatoms. The Morgan fingerprint density at radius 2 is 1.72 bits per heavy atom. The van der Waals surface area contributed by atoms with Crippen LogP contribution in [0.25, 0.3) is 22.2 Å². The van der Waals surface area contributed by atoms with E-state index in [-0.39, 0.29) is 0 Å². The summed E-state index contributed by atoms with van der Waals surface area (Å²) in [5.74, 6) is 1.78. The van der Waals surface area contributed by atoms with Crippen molar-refractivity contribution in [1.82, 2.24) is 20.2 Å². The molecule has 0 saturated carbocycles. The van der Waals surface area contributed by atoms with E-state index in [0.717, 1.165) is 44.7 Å². The Labute approximate surface area is 168 Å². The molecule has 4 rings (SSSR count). The Hall–Kier alpha value is -3.74. The minimum Gasteiger partial charge on any atom is -0.497 e. The molecule has 0 bridgehead atoms. The summed E-state index contributed by atoms with van der Waals surface area (Å²) in [6.45, 7) is 4.10. The summed E-state index contributed by atoms with van der Waals surface area (Å²) in [6, 6.07) is 13.8. The van der Waals surface area contributed by atoms with Gasteiger partial charge >= 0.3 is 0 Å². The number of nitrogens with one attached hydrogen (secondary N) is 1. The third-order valence-corrected chi connectivity index (χ3v) is 4.71. The molecule has 0 amide bonds. The molecule has 0 saturated heterocycles. The second-order valence-corrected chi connectivity index (χ2v) is 6.69. The lowest BCUT2D eigenvalue weighted by Crippen LogP contribution is -2.01. The van der Waals surface area contributed by atoms with Crippen molar-refractivity contribution in [1.29, 1.82) is 0 Å². The summed E-state index contributed by atoms with van der Waals surface area (Å²) < 4.78 is 10.4. The lowest BCUT2D eigenvalue weighted by molar-refractivity contribution is 0.398. The molecule has 2 heterocycles. The maximum Gasteiger partial charge on any atom is 0.247 e. The van der Waals surface area contributed by atoms with Crippen molar-refractivity contribution in [3.8, 4) is 22.8 Å². The first-order valence-corrected chi connectivity index (χ1v) is 9.14. The van der Waals surface area contributed by atoms with E-state index in [2.05, 4.69) is 38.5 Å². The highest BCUT2D eigenvalue weighted by atomic mass is 16.5. The average Bonchev–Trinajstić information content (AvgIpc) is 2.75. The number of hydrogen-bond donors (Lipinski definition) is 1. The van der Waals surface area contributed by atoms with Gasteiger partial charge in [0, 0.05) is 6.07 Å². The van der Waals surface area contributed by atoms with Crippen LogP contribution in [0.2, 0.25) is 0 Å². The maximum atomic E-state index is 5.37. The van der Waals surface area contributed by atoms with Crippen LogP contribution in [0.5, 0.6) is 11.6 Å². The van der Waals surface area contributed by atoms with Crippen LogP contribution in [0, 0.1) is 13.8 Å². The van der Waals surface area contributed by atoms with Crippen molar-refractivity contribution in [3.63, 3.8) is 0 Å². The van der Waals surface area contributed by atoms with E-state index >= 15 is 0 Å². The van der Waals surface area contributed by atoms with Crippen LogP contribution >= 0.6 is 0 Å². The van der Waals surface area contributed by atoms with E-state index in [9.17, 15) is 0 Å². The smallest absolute Gasteiger partial charge is 0.247 e. The highest BCUT2D eigenvalue weighted by Gasteiger charge is 2.11. The van der Waals surface area contributed by atoms with E-state index in [4.69, 9.17) is 9.47 Å². The Balaban J connectivity index is 1.70. The first-order valence-electron chi connectivity index (χ1n) is 9.14. The Bertz CT molecular complexity index is 1180. The molecule has 0 aliphatic rings. The van der Waals surface area contributed by atoms with E-state index in [1.807, 2.05) is 37.3 Å². The fraction of sp³-hybridized carbons (Fsp3) is 0.182. The van der Waals surface area contributed by atoms with Crippen molar-refractivity contribution in [2.45, 2.75) is 13.8 Å². The molecule has 2 aromatic heterocycles. The summed E-state index contributed by atoms with van der Waals surface area (Å²) in [5, 5.41) is 11.7. The molecule has 146 valence electrons. The number of anilines is 2. The van der Waals surface area contributed by atoms with Gasteiger partial charge in [-0.3, -0.25) is 0 Å². The summed E-state index contributed by atoms with van der Waals surface area (Å²) >= 11 is 0. The van der Waals surface area contributed by atoms with Gasteiger partial charge in [0.05, 0.1) is 31.6 Å². The average molecular weight is 387 g/mol. The lowest BCUT2D eigenvalue weighted by atomic mass is 9.98. The molecule has 4 aromatic rings. The number of fused-ring (bicyclic) bond motifs is 1. The summed E-state index contributed by atoms with van der Waals surface area (Å²) in [6.07, 6.45) is 1.66. The van der Waals surface area contributed by atoms with Crippen molar-refractivity contribution in [2.75, 3.05) is 19.5 Å². The van der Waals surface area contributed by atoms with Crippen LogP contribution in [-0.2, 0) is 0 Å². The van der Waals surface area contributed by atoms with Crippen molar-refractivity contribution >= 4 is 22.7 Å². The largest absolute Gasteiger partial charge is 0.497 e. The minimum atomic E-state index is 0.415. The Morgan fingerprint density at radius 3 is 2.45 bits per heavy atom.